The second-order valence-electron chi connectivity index (χ2n) is 3.24. The van der Waals surface area contributed by atoms with E-state index >= 15 is 0 Å². The van der Waals surface area contributed by atoms with Crippen molar-refractivity contribution in [1.82, 2.24) is 9.97 Å². The maximum Gasteiger partial charge on any atom is 0.115 e. The maximum absolute atomic E-state index is 9.15. The van der Waals surface area contributed by atoms with Gasteiger partial charge in [0.15, 0.2) is 0 Å². The average molecular weight is 230 g/mol. The molecule has 0 radical (unpaired) electrons. The Labute approximate surface area is 98.4 Å². The normalized spacial score (nSPS) is 11.8. The lowest BCUT2D eigenvalue weighted by Crippen LogP contribution is -2.01. The van der Waals surface area contributed by atoms with Crippen LogP contribution in [-0.2, 0) is 0 Å². The minimum Gasteiger partial charge on any atom is -0.261 e. The smallest absolute Gasteiger partial charge is 0.115 e. The summed E-state index contributed by atoms with van der Waals surface area (Å²) in [7, 11) is 0. The van der Waals surface area contributed by atoms with E-state index in [2.05, 4.69) is 16.0 Å². The first-order valence-corrected chi connectivity index (χ1v) is 5.10. The highest BCUT2D eigenvalue weighted by Gasteiger charge is 2.14. The van der Waals surface area contributed by atoms with Crippen molar-refractivity contribution >= 4 is 11.6 Å². The van der Waals surface area contributed by atoms with E-state index in [0.717, 1.165) is 5.56 Å². The zero-order valence-corrected chi connectivity index (χ0v) is 9.09. The van der Waals surface area contributed by atoms with Gasteiger partial charge in [0.1, 0.15) is 5.92 Å². The molecule has 0 saturated carbocycles. The van der Waals surface area contributed by atoms with Crippen LogP contribution in [0.5, 0.6) is 0 Å². The van der Waals surface area contributed by atoms with Gasteiger partial charge in [0.2, 0.25) is 0 Å². The van der Waals surface area contributed by atoms with Crippen LogP contribution in [0, 0.1) is 11.3 Å². The number of halogens is 1. The highest BCUT2D eigenvalue weighted by molar-refractivity contribution is 6.30. The van der Waals surface area contributed by atoms with Crippen molar-refractivity contribution in [2.75, 3.05) is 0 Å². The Morgan fingerprint density at radius 1 is 1.19 bits per heavy atom. The minimum atomic E-state index is -0.397. The van der Waals surface area contributed by atoms with E-state index in [4.69, 9.17) is 16.9 Å². The number of benzene rings is 1. The lowest BCUT2D eigenvalue weighted by atomic mass is 9.98. The zero-order valence-electron chi connectivity index (χ0n) is 8.34. The first-order valence-electron chi connectivity index (χ1n) is 4.72. The van der Waals surface area contributed by atoms with Crippen molar-refractivity contribution in [2.45, 2.75) is 5.92 Å². The van der Waals surface area contributed by atoms with Crippen molar-refractivity contribution in [2.24, 2.45) is 0 Å². The van der Waals surface area contributed by atoms with Crippen LogP contribution >= 0.6 is 11.6 Å². The second-order valence-corrected chi connectivity index (χ2v) is 3.68. The van der Waals surface area contributed by atoms with Crippen molar-refractivity contribution in [3.8, 4) is 6.07 Å². The van der Waals surface area contributed by atoms with Gasteiger partial charge in [-0.3, -0.25) is 9.97 Å². The molecule has 0 bridgehead atoms. The molecule has 2 aromatic rings. The Hall–Kier alpha value is -1.92. The molecule has 0 amide bonds. The predicted molar refractivity (Wildman–Crippen MR) is 60.9 cm³/mol. The van der Waals surface area contributed by atoms with Crippen molar-refractivity contribution in [3.05, 3.63) is 59.1 Å². The van der Waals surface area contributed by atoms with Gasteiger partial charge in [0.25, 0.3) is 0 Å². The summed E-state index contributed by atoms with van der Waals surface area (Å²) in [5.41, 5.74) is 1.51. The van der Waals surface area contributed by atoms with Gasteiger partial charge >= 0.3 is 0 Å². The molecule has 78 valence electrons. The van der Waals surface area contributed by atoms with Gasteiger partial charge in [-0.25, -0.2) is 0 Å². The maximum atomic E-state index is 9.15. The Morgan fingerprint density at radius 2 is 1.94 bits per heavy atom. The molecule has 2 rings (SSSR count). The number of rotatable bonds is 2. The molecular formula is C12H8ClN3. The molecule has 0 N–H and O–H groups in total. The average Bonchev–Trinajstić information content (AvgIpc) is 2.34. The number of nitrogens with zero attached hydrogens (tertiary/aromatic N) is 3. The van der Waals surface area contributed by atoms with Crippen LogP contribution in [0.3, 0.4) is 0 Å². The summed E-state index contributed by atoms with van der Waals surface area (Å²) >= 11 is 5.79. The zero-order chi connectivity index (χ0) is 11.4. The van der Waals surface area contributed by atoms with Crippen LogP contribution in [0.4, 0.5) is 0 Å². The monoisotopic (exact) mass is 229 g/mol. The summed E-state index contributed by atoms with van der Waals surface area (Å²) in [6.07, 6.45) is 4.76. The van der Waals surface area contributed by atoms with E-state index in [1.54, 1.807) is 30.7 Å². The largest absolute Gasteiger partial charge is 0.261 e. The fourth-order valence-electron chi connectivity index (χ4n) is 1.43. The lowest BCUT2D eigenvalue weighted by Gasteiger charge is -2.07. The molecule has 0 aliphatic rings. The summed E-state index contributed by atoms with van der Waals surface area (Å²) in [6, 6.07) is 9.38. The van der Waals surface area contributed by atoms with E-state index in [1.165, 1.54) is 0 Å². The summed E-state index contributed by atoms with van der Waals surface area (Å²) in [5, 5.41) is 9.80. The standard InChI is InChI=1S/C12H8ClN3/c13-10-3-1-9(2-4-10)11(7-14)12-8-15-5-6-16-12/h1-6,8,11H. The van der Waals surface area contributed by atoms with Crippen LogP contribution in [0.1, 0.15) is 17.2 Å². The van der Waals surface area contributed by atoms with E-state index < -0.39 is 5.92 Å². The van der Waals surface area contributed by atoms with Gasteiger partial charge < -0.3 is 0 Å². The van der Waals surface area contributed by atoms with Gasteiger partial charge in [-0.2, -0.15) is 5.26 Å². The SMILES string of the molecule is N#CC(c1ccc(Cl)cc1)c1cnccn1. The molecular weight excluding hydrogens is 222 g/mol. The fourth-order valence-corrected chi connectivity index (χ4v) is 1.55. The second kappa shape index (κ2) is 4.73. The van der Waals surface area contributed by atoms with Crippen molar-refractivity contribution < 1.29 is 0 Å². The molecule has 3 nitrogen and oxygen atoms in total. The third-order valence-corrected chi connectivity index (χ3v) is 2.46. The highest BCUT2D eigenvalue weighted by atomic mass is 35.5. The molecule has 1 aromatic carbocycles. The lowest BCUT2D eigenvalue weighted by molar-refractivity contribution is 0.942. The number of aromatic nitrogens is 2. The third-order valence-electron chi connectivity index (χ3n) is 2.21. The molecule has 4 heteroatoms. The van der Waals surface area contributed by atoms with Gasteiger partial charge in [-0.15, -0.1) is 0 Å². The summed E-state index contributed by atoms with van der Waals surface area (Å²) in [5.74, 6) is -0.397. The molecule has 1 aromatic heterocycles. The topological polar surface area (TPSA) is 49.6 Å². The summed E-state index contributed by atoms with van der Waals surface area (Å²) in [6.45, 7) is 0. The van der Waals surface area contributed by atoms with Crippen molar-refractivity contribution in [3.63, 3.8) is 0 Å². The molecule has 0 aliphatic heterocycles. The molecule has 0 aliphatic carbocycles. The van der Waals surface area contributed by atoms with Crippen LogP contribution in [0.2, 0.25) is 5.02 Å². The first-order chi connectivity index (χ1) is 7.81. The Bertz CT molecular complexity index is 502. The molecule has 0 fully saturated rings. The first kappa shape index (κ1) is 10.6. The van der Waals surface area contributed by atoms with Crippen molar-refractivity contribution in [1.29, 1.82) is 5.26 Å². The molecule has 0 saturated heterocycles. The minimum absolute atomic E-state index is 0.397. The van der Waals surface area contributed by atoms with Gasteiger partial charge in [-0.1, -0.05) is 23.7 Å². The van der Waals surface area contributed by atoms with Crippen LogP contribution in [0.15, 0.2) is 42.9 Å². The van der Waals surface area contributed by atoms with E-state index in [9.17, 15) is 0 Å². The van der Waals surface area contributed by atoms with Gasteiger partial charge in [0.05, 0.1) is 18.0 Å². The summed E-state index contributed by atoms with van der Waals surface area (Å²) < 4.78 is 0. The molecule has 0 spiro atoms. The number of nitriles is 1. The third kappa shape index (κ3) is 2.18. The van der Waals surface area contributed by atoms with E-state index in [1.807, 2.05) is 12.1 Å². The highest BCUT2D eigenvalue weighted by Crippen LogP contribution is 2.22. The van der Waals surface area contributed by atoms with E-state index in [-0.39, 0.29) is 0 Å². The number of hydrogen-bond donors (Lipinski definition) is 0. The predicted octanol–water partition coefficient (Wildman–Crippen LogP) is 2.79. The Morgan fingerprint density at radius 3 is 2.50 bits per heavy atom. The Kier molecular flexibility index (Phi) is 3.13. The molecule has 1 heterocycles. The van der Waals surface area contributed by atoms with Gasteiger partial charge in [-0.05, 0) is 17.7 Å². The fraction of sp³-hybridized carbons (Fsp3) is 0.0833. The quantitative estimate of drug-likeness (QED) is 0.796. The molecule has 16 heavy (non-hydrogen) atoms. The van der Waals surface area contributed by atoms with Crippen LogP contribution in [-0.4, -0.2) is 9.97 Å². The number of hydrogen-bond acceptors (Lipinski definition) is 3. The molecule has 1 atom stereocenters. The van der Waals surface area contributed by atoms with E-state index in [0.29, 0.717) is 10.7 Å². The van der Waals surface area contributed by atoms with Crippen LogP contribution in [0.25, 0.3) is 0 Å². The Balaban J connectivity index is 2.38. The summed E-state index contributed by atoms with van der Waals surface area (Å²) in [4.78, 5) is 8.09. The van der Waals surface area contributed by atoms with Crippen LogP contribution < -0.4 is 0 Å². The molecule has 1 unspecified atom stereocenters. The van der Waals surface area contributed by atoms with Gasteiger partial charge in [0, 0.05) is 17.4 Å².